The quantitative estimate of drug-likeness (QED) is 0.768. The predicted octanol–water partition coefficient (Wildman–Crippen LogP) is 4.04. The maximum Gasteiger partial charge on any atom is 0.313 e. The van der Waals surface area contributed by atoms with Crippen molar-refractivity contribution in [2.75, 3.05) is 7.11 Å². The SMILES string of the molecule is CCCCC(C(=O)OC)c1cccc(Br)c1F. The highest BCUT2D eigenvalue weighted by molar-refractivity contribution is 9.10. The molecule has 0 spiro atoms. The molecule has 0 N–H and O–H groups in total. The molecule has 2 nitrogen and oxygen atoms in total. The Morgan fingerprint density at radius 2 is 2.24 bits per heavy atom. The number of ether oxygens (including phenoxy) is 1. The van der Waals surface area contributed by atoms with E-state index in [4.69, 9.17) is 4.74 Å². The van der Waals surface area contributed by atoms with Gasteiger partial charge in [-0.25, -0.2) is 4.39 Å². The normalized spacial score (nSPS) is 12.2. The van der Waals surface area contributed by atoms with Crippen molar-refractivity contribution in [3.63, 3.8) is 0 Å². The summed E-state index contributed by atoms with van der Waals surface area (Å²) < 4.78 is 19.0. The maximum absolute atomic E-state index is 13.9. The van der Waals surface area contributed by atoms with Crippen LogP contribution in [0.25, 0.3) is 0 Å². The highest BCUT2D eigenvalue weighted by Gasteiger charge is 2.24. The Hall–Kier alpha value is -0.900. The minimum atomic E-state index is -0.516. The summed E-state index contributed by atoms with van der Waals surface area (Å²) in [5.41, 5.74) is 0.402. The van der Waals surface area contributed by atoms with Crippen molar-refractivity contribution in [1.82, 2.24) is 0 Å². The van der Waals surface area contributed by atoms with E-state index in [-0.39, 0.29) is 11.8 Å². The van der Waals surface area contributed by atoms with E-state index in [2.05, 4.69) is 15.9 Å². The first-order chi connectivity index (χ1) is 8.11. The van der Waals surface area contributed by atoms with Crippen LogP contribution in [0, 0.1) is 5.82 Å². The Morgan fingerprint density at radius 1 is 1.53 bits per heavy atom. The van der Waals surface area contributed by atoms with Crippen LogP contribution >= 0.6 is 15.9 Å². The minimum absolute atomic E-state index is 0.375. The lowest BCUT2D eigenvalue weighted by Crippen LogP contribution is -2.16. The van der Waals surface area contributed by atoms with Crippen LogP contribution in [0.4, 0.5) is 4.39 Å². The van der Waals surface area contributed by atoms with Crippen LogP contribution in [0.2, 0.25) is 0 Å². The number of methoxy groups -OCH3 is 1. The van der Waals surface area contributed by atoms with Gasteiger partial charge in [0.1, 0.15) is 5.82 Å². The number of hydrogen-bond donors (Lipinski definition) is 0. The van der Waals surface area contributed by atoms with Crippen molar-refractivity contribution in [3.05, 3.63) is 34.1 Å². The van der Waals surface area contributed by atoms with Gasteiger partial charge < -0.3 is 4.74 Å². The van der Waals surface area contributed by atoms with Gasteiger partial charge in [-0.05, 0) is 28.4 Å². The Kier molecular flexibility index (Phi) is 5.62. The second-order valence-corrected chi connectivity index (χ2v) is 4.72. The number of hydrogen-bond acceptors (Lipinski definition) is 2. The summed E-state index contributed by atoms with van der Waals surface area (Å²) in [5.74, 6) is -1.27. The van der Waals surface area contributed by atoms with Gasteiger partial charge in [-0.3, -0.25) is 4.79 Å². The molecule has 0 amide bonds. The lowest BCUT2D eigenvalue weighted by Gasteiger charge is -2.15. The fourth-order valence-electron chi connectivity index (χ4n) is 1.74. The van der Waals surface area contributed by atoms with Gasteiger partial charge >= 0.3 is 5.97 Å². The third-order valence-electron chi connectivity index (χ3n) is 2.69. The van der Waals surface area contributed by atoms with Gasteiger partial charge in [-0.1, -0.05) is 31.9 Å². The summed E-state index contributed by atoms with van der Waals surface area (Å²) in [5, 5.41) is 0. The molecule has 0 bridgehead atoms. The molecule has 0 radical (unpaired) electrons. The number of halogens is 2. The second-order valence-electron chi connectivity index (χ2n) is 3.86. The van der Waals surface area contributed by atoms with E-state index in [1.54, 1.807) is 18.2 Å². The van der Waals surface area contributed by atoms with E-state index < -0.39 is 5.92 Å². The summed E-state index contributed by atoms with van der Waals surface area (Å²) in [7, 11) is 1.33. The first-order valence-electron chi connectivity index (χ1n) is 5.63. The van der Waals surface area contributed by atoms with Crippen LogP contribution in [0.5, 0.6) is 0 Å². The summed E-state index contributed by atoms with van der Waals surface area (Å²) in [6.07, 6.45) is 2.44. The van der Waals surface area contributed by atoms with E-state index in [9.17, 15) is 9.18 Å². The van der Waals surface area contributed by atoms with Crippen molar-refractivity contribution in [2.45, 2.75) is 32.1 Å². The van der Waals surface area contributed by atoms with E-state index in [1.165, 1.54) is 7.11 Å². The van der Waals surface area contributed by atoms with E-state index in [0.717, 1.165) is 12.8 Å². The molecule has 0 fully saturated rings. The molecule has 0 aliphatic carbocycles. The molecule has 1 aromatic rings. The molecule has 94 valence electrons. The summed E-state index contributed by atoms with van der Waals surface area (Å²) in [6.45, 7) is 2.03. The Morgan fingerprint density at radius 3 is 2.82 bits per heavy atom. The van der Waals surface area contributed by atoms with E-state index in [1.807, 2.05) is 6.92 Å². The molecule has 0 aliphatic rings. The molecular formula is C13H16BrFO2. The Labute approximate surface area is 109 Å². The standard InChI is InChI=1S/C13H16BrFO2/c1-3-4-6-10(13(16)17-2)9-7-5-8-11(14)12(9)15/h5,7-8,10H,3-4,6H2,1-2H3. The van der Waals surface area contributed by atoms with Crippen molar-refractivity contribution in [3.8, 4) is 0 Å². The van der Waals surface area contributed by atoms with Crippen molar-refractivity contribution < 1.29 is 13.9 Å². The number of esters is 1. The topological polar surface area (TPSA) is 26.3 Å². The fourth-order valence-corrected chi connectivity index (χ4v) is 2.12. The fraction of sp³-hybridized carbons (Fsp3) is 0.462. The van der Waals surface area contributed by atoms with Crippen LogP contribution in [-0.4, -0.2) is 13.1 Å². The van der Waals surface area contributed by atoms with Crippen LogP contribution in [0.1, 0.15) is 37.7 Å². The largest absolute Gasteiger partial charge is 0.469 e. The minimum Gasteiger partial charge on any atom is -0.469 e. The first-order valence-corrected chi connectivity index (χ1v) is 6.42. The monoisotopic (exact) mass is 302 g/mol. The van der Waals surface area contributed by atoms with Crippen LogP contribution < -0.4 is 0 Å². The molecule has 4 heteroatoms. The zero-order valence-corrected chi connectivity index (χ0v) is 11.6. The molecule has 1 rings (SSSR count). The summed E-state index contributed by atoms with van der Waals surface area (Å²) >= 11 is 3.13. The van der Waals surface area contributed by atoms with Gasteiger partial charge in [-0.2, -0.15) is 0 Å². The van der Waals surface area contributed by atoms with Crippen molar-refractivity contribution in [1.29, 1.82) is 0 Å². The molecule has 0 saturated carbocycles. The number of benzene rings is 1. The number of rotatable bonds is 5. The molecule has 0 saturated heterocycles. The molecule has 1 unspecified atom stereocenters. The van der Waals surface area contributed by atoms with Gasteiger partial charge in [0.05, 0.1) is 17.5 Å². The Bertz CT molecular complexity index is 393. The van der Waals surface area contributed by atoms with Gasteiger partial charge in [0, 0.05) is 5.56 Å². The predicted molar refractivity (Wildman–Crippen MR) is 68.4 cm³/mol. The smallest absolute Gasteiger partial charge is 0.313 e. The van der Waals surface area contributed by atoms with Gasteiger partial charge in [-0.15, -0.1) is 0 Å². The lowest BCUT2D eigenvalue weighted by atomic mass is 9.93. The molecule has 1 atom stereocenters. The lowest BCUT2D eigenvalue weighted by molar-refractivity contribution is -0.142. The molecule has 1 aromatic carbocycles. The van der Waals surface area contributed by atoms with Crippen LogP contribution in [0.3, 0.4) is 0 Å². The first kappa shape index (κ1) is 14.2. The zero-order valence-electron chi connectivity index (χ0n) is 10.0. The maximum atomic E-state index is 13.9. The number of carbonyl (C=O) groups excluding carboxylic acids is 1. The van der Waals surface area contributed by atoms with Crippen molar-refractivity contribution >= 4 is 21.9 Å². The Balaban J connectivity index is 3.03. The van der Waals surface area contributed by atoms with Crippen LogP contribution in [0.15, 0.2) is 22.7 Å². The molecule has 0 aromatic heterocycles. The van der Waals surface area contributed by atoms with Crippen molar-refractivity contribution in [2.24, 2.45) is 0 Å². The molecule has 0 heterocycles. The van der Waals surface area contributed by atoms with E-state index >= 15 is 0 Å². The molecule has 17 heavy (non-hydrogen) atoms. The van der Waals surface area contributed by atoms with Gasteiger partial charge in [0.2, 0.25) is 0 Å². The number of unbranched alkanes of at least 4 members (excludes halogenated alkanes) is 1. The molecular weight excluding hydrogens is 287 g/mol. The second kappa shape index (κ2) is 6.74. The van der Waals surface area contributed by atoms with E-state index in [0.29, 0.717) is 16.5 Å². The van der Waals surface area contributed by atoms with Crippen LogP contribution in [-0.2, 0) is 9.53 Å². The third-order valence-corrected chi connectivity index (χ3v) is 3.30. The molecule has 0 aliphatic heterocycles. The highest BCUT2D eigenvalue weighted by atomic mass is 79.9. The third kappa shape index (κ3) is 3.53. The average Bonchev–Trinajstić information content (AvgIpc) is 2.34. The highest BCUT2D eigenvalue weighted by Crippen LogP contribution is 2.29. The summed E-state index contributed by atoms with van der Waals surface area (Å²) in [4.78, 5) is 11.7. The van der Waals surface area contributed by atoms with Gasteiger partial charge in [0.25, 0.3) is 0 Å². The zero-order chi connectivity index (χ0) is 12.8. The van der Waals surface area contributed by atoms with Gasteiger partial charge in [0.15, 0.2) is 0 Å². The number of carbonyl (C=O) groups is 1. The average molecular weight is 303 g/mol. The summed E-state index contributed by atoms with van der Waals surface area (Å²) in [6, 6.07) is 4.98.